The van der Waals surface area contributed by atoms with Gasteiger partial charge in [-0.15, -0.1) is 0 Å². The number of carboxylic acids is 1. The molecule has 0 spiro atoms. The maximum absolute atomic E-state index is 10.5. The number of benzene rings is 1. The number of hydrogen-bond donors (Lipinski definition) is 1. The van der Waals surface area contributed by atoms with Crippen molar-refractivity contribution < 1.29 is 9.90 Å². The van der Waals surface area contributed by atoms with Crippen LogP contribution in [0.25, 0.3) is 0 Å². The van der Waals surface area contributed by atoms with Crippen LogP contribution in [-0.2, 0) is 17.6 Å². The van der Waals surface area contributed by atoms with Gasteiger partial charge in [0.1, 0.15) is 0 Å². The van der Waals surface area contributed by atoms with E-state index in [0.717, 1.165) is 17.5 Å². The van der Waals surface area contributed by atoms with Crippen LogP contribution < -0.4 is 0 Å². The zero-order valence-electron chi connectivity index (χ0n) is 8.00. The molecule has 0 heterocycles. The van der Waals surface area contributed by atoms with E-state index < -0.39 is 5.97 Å². The average molecular weight is 178 g/mol. The molecule has 1 aromatic carbocycles. The van der Waals surface area contributed by atoms with E-state index in [1.54, 1.807) is 0 Å². The van der Waals surface area contributed by atoms with Gasteiger partial charge in [-0.2, -0.15) is 0 Å². The predicted octanol–water partition coefficient (Wildman–Crippen LogP) is 2.18. The van der Waals surface area contributed by atoms with Crippen molar-refractivity contribution in [2.24, 2.45) is 0 Å². The molecule has 0 aliphatic rings. The van der Waals surface area contributed by atoms with Gasteiger partial charge in [0.25, 0.3) is 0 Å². The molecule has 0 fully saturated rings. The molecule has 0 saturated carbocycles. The molecular weight excluding hydrogens is 164 g/mol. The molecule has 0 atom stereocenters. The molecule has 1 N–H and O–H groups in total. The van der Waals surface area contributed by atoms with Crippen molar-refractivity contribution in [3.63, 3.8) is 0 Å². The fraction of sp³-hybridized carbons (Fsp3) is 0.364. The van der Waals surface area contributed by atoms with E-state index in [0.29, 0.717) is 0 Å². The molecule has 0 aliphatic heterocycles. The van der Waals surface area contributed by atoms with Crippen LogP contribution in [0.15, 0.2) is 18.2 Å². The highest BCUT2D eigenvalue weighted by Crippen LogP contribution is 2.10. The standard InChI is InChI=1S/C11H14O2/c1-3-9-4-8(2)5-10(6-9)7-11(12)13/h4-6H,3,7H2,1-2H3,(H,12,13). The van der Waals surface area contributed by atoms with E-state index >= 15 is 0 Å². The summed E-state index contributed by atoms with van der Waals surface area (Å²) in [6, 6.07) is 5.97. The molecule has 2 nitrogen and oxygen atoms in total. The van der Waals surface area contributed by atoms with Crippen molar-refractivity contribution in [3.05, 3.63) is 34.9 Å². The van der Waals surface area contributed by atoms with Gasteiger partial charge >= 0.3 is 5.97 Å². The first-order valence-electron chi connectivity index (χ1n) is 4.43. The Kier molecular flexibility index (Phi) is 3.07. The van der Waals surface area contributed by atoms with Gasteiger partial charge in [-0.1, -0.05) is 30.7 Å². The van der Waals surface area contributed by atoms with Crippen LogP contribution in [0.2, 0.25) is 0 Å². The number of rotatable bonds is 3. The fourth-order valence-corrected chi connectivity index (χ4v) is 1.43. The number of carboxylic acid groups (broad SMARTS) is 1. The molecule has 2 heteroatoms. The van der Waals surface area contributed by atoms with Crippen LogP contribution in [0.4, 0.5) is 0 Å². The number of hydrogen-bond acceptors (Lipinski definition) is 1. The second-order valence-electron chi connectivity index (χ2n) is 3.25. The first-order chi connectivity index (χ1) is 6.11. The molecule has 0 unspecified atom stereocenters. The van der Waals surface area contributed by atoms with Gasteiger partial charge in [0.2, 0.25) is 0 Å². The van der Waals surface area contributed by atoms with E-state index in [2.05, 4.69) is 13.0 Å². The van der Waals surface area contributed by atoms with Crippen molar-refractivity contribution in [2.75, 3.05) is 0 Å². The lowest BCUT2D eigenvalue weighted by atomic mass is 10.0. The first-order valence-corrected chi connectivity index (χ1v) is 4.43. The lowest BCUT2D eigenvalue weighted by Crippen LogP contribution is -2.01. The minimum Gasteiger partial charge on any atom is -0.481 e. The number of aryl methyl sites for hydroxylation is 2. The lowest BCUT2D eigenvalue weighted by molar-refractivity contribution is -0.136. The van der Waals surface area contributed by atoms with Gasteiger partial charge in [0.15, 0.2) is 0 Å². The smallest absolute Gasteiger partial charge is 0.307 e. The first kappa shape index (κ1) is 9.78. The molecule has 0 radical (unpaired) electrons. The molecule has 0 bridgehead atoms. The Morgan fingerprint density at radius 1 is 1.31 bits per heavy atom. The third kappa shape index (κ3) is 2.90. The Hall–Kier alpha value is -1.31. The Labute approximate surface area is 78.2 Å². The van der Waals surface area contributed by atoms with Gasteiger partial charge in [0, 0.05) is 0 Å². The number of aliphatic carboxylic acids is 1. The quantitative estimate of drug-likeness (QED) is 0.770. The van der Waals surface area contributed by atoms with Crippen molar-refractivity contribution in [2.45, 2.75) is 26.7 Å². The van der Waals surface area contributed by atoms with Crippen molar-refractivity contribution in [1.29, 1.82) is 0 Å². The molecule has 70 valence electrons. The van der Waals surface area contributed by atoms with E-state index in [1.165, 1.54) is 5.56 Å². The lowest BCUT2D eigenvalue weighted by Gasteiger charge is -2.03. The molecule has 0 aliphatic carbocycles. The Morgan fingerprint density at radius 2 is 1.92 bits per heavy atom. The highest BCUT2D eigenvalue weighted by molar-refractivity contribution is 5.70. The van der Waals surface area contributed by atoms with Crippen molar-refractivity contribution >= 4 is 5.97 Å². The van der Waals surface area contributed by atoms with Gasteiger partial charge in [-0.05, 0) is 24.5 Å². The van der Waals surface area contributed by atoms with Crippen molar-refractivity contribution in [3.8, 4) is 0 Å². The molecule has 0 saturated heterocycles. The predicted molar refractivity (Wildman–Crippen MR) is 51.9 cm³/mol. The molecule has 1 aromatic rings. The summed E-state index contributed by atoms with van der Waals surface area (Å²) in [4.78, 5) is 10.5. The van der Waals surface area contributed by atoms with Gasteiger partial charge in [0.05, 0.1) is 6.42 Å². The van der Waals surface area contributed by atoms with Crippen LogP contribution >= 0.6 is 0 Å². The second-order valence-corrected chi connectivity index (χ2v) is 3.25. The highest BCUT2D eigenvalue weighted by Gasteiger charge is 2.01. The van der Waals surface area contributed by atoms with Crippen molar-refractivity contribution in [1.82, 2.24) is 0 Å². The van der Waals surface area contributed by atoms with Crippen LogP contribution in [0.5, 0.6) is 0 Å². The minimum atomic E-state index is -0.771. The normalized spacial score (nSPS) is 10.0. The Bertz CT molecular complexity index is 316. The monoisotopic (exact) mass is 178 g/mol. The van der Waals surface area contributed by atoms with Crippen LogP contribution in [0.3, 0.4) is 0 Å². The second kappa shape index (κ2) is 4.08. The summed E-state index contributed by atoms with van der Waals surface area (Å²) < 4.78 is 0. The molecule has 0 amide bonds. The fourth-order valence-electron chi connectivity index (χ4n) is 1.43. The van der Waals surface area contributed by atoms with E-state index in [4.69, 9.17) is 5.11 Å². The summed E-state index contributed by atoms with van der Waals surface area (Å²) in [5.74, 6) is -0.771. The summed E-state index contributed by atoms with van der Waals surface area (Å²) in [5.41, 5.74) is 3.23. The summed E-state index contributed by atoms with van der Waals surface area (Å²) in [6.07, 6.45) is 1.07. The van der Waals surface area contributed by atoms with Crippen LogP contribution in [-0.4, -0.2) is 11.1 Å². The summed E-state index contributed by atoms with van der Waals surface area (Å²) in [6.45, 7) is 4.06. The van der Waals surface area contributed by atoms with Gasteiger partial charge in [-0.25, -0.2) is 0 Å². The zero-order chi connectivity index (χ0) is 9.84. The topological polar surface area (TPSA) is 37.3 Å². The third-order valence-corrected chi connectivity index (χ3v) is 1.96. The maximum atomic E-state index is 10.5. The molecule has 1 rings (SSSR count). The molecule has 0 aromatic heterocycles. The maximum Gasteiger partial charge on any atom is 0.307 e. The van der Waals surface area contributed by atoms with Gasteiger partial charge in [-0.3, -0.25) is 4.79 Å². The highest BCUT2D eigenvalue weighted by atomic mass is 16.4. The molecular formula is C11H14O2. The number of carbonyl (C=O) groups is 1. The minimum absolute atomic E-state index is 0.120. The van der Waals surface area contributed by atoms with E-state index in [-0.39, 0.29) is 6.42 Å². The molecule has 13 heavy (non-hydrogen) atoms. The summed E-state index contributed by atoms with van der Waals surface area (Å²) >= 11 is 0. The zero-order valence-corrected chi connectivity index (χ0v) is 8.00. The van der Waals surface area contributed by atoms with Crippen LogP contribution in [0, 0.1) is 6.92 Å². The summed E-state index contributed by atoms with van der Waals surface area (Å²) in [5, 5.41) is 8.62. The van der Waals surface area contributed by atoms with E-state index in [9.17, 15) is 4.79 Å². The van der Waals surface area contributed by atoms with Gasteiger partial charge < -0.3 is 5.11 Å². The van der Waals surface area contributed by atoms with E-state index in [1.807, 2.05) is 19.1 Å². The third-order valence-electron chi connectivity index (χ3n) is 1.96. The Balaban J connectivity index is 2.94. The SMILES string of the molecule is CCc1cc(C)cc(CC(=O)O)c1. The largest absolute Gasteiger partial charge is 0.481 e. The Morgan fingerprint density at radius 3 is 2.46 bits per heavy atom. The average Bonchev–Trinajstić information content (AvgIpc) is 2.01. The summed E-state index contributed by atoms with van der Waals surface area (Å²) in [7, 11) is 0. The van der Waals surface area contributed by atoms with Crippen LogP contribution in [0.1, 0.15) is 23.6 Å².